The van der Waals surface area contributed by atoms with Gasteiger partial charge in [0.25, 0.3) is 10.5 Å². The van der Waals surface area contributed by atoms with Gasteiger partial charge in [0.05, 0.1) is 22.9 Å². The molecule has 1 aliphatic rings. The lowest BCUT2D eigenvalue weighted by molar-refractivity contribution is 0.417. The first kappa shape index (κ1) is 16.5. The molecule has 3 aromatic rings. The minimum absolute atomic E-state index is 1.05. The molecule has 4 rings (SSSR count). The Bertz CT molecular complexity index is 1000. The first-order valence-corrected chi connectivity index (χ1v) is 8.72. The molecule has 0 amide bonds. The molecular weight excluding hydrogens is 327 g/mol. The van der Waals surface area contributed by atoms with E-state index in [1.54, 1.807) is 0 Å². The Morgan fingerprint density at radius 3 is 2.50 bits per heavy atom. The second-order valence-electron chi connectivity index (χ2n) is 5.78. The molecule has 0 aromatic heterocycles. The minimum Gasteiger partial charge on any atom is -0.722 e. The van der Waals surface area contributed by atoms with Crippen LogP contribution in [0.3, 0.4) is 0 Å². The molecule has 0 bridgehead atoms. The molecule has 3 aromatic carbocycles. The number of rotatable bonds is 0. The lowest BCUT2D eigenvalue weighted by Crippen LogP contribution is -2.06. The van der Waals surface area contributed by atoms with Gasteiger partial charge in [-0.05, 0) is 48.9 Å². The second kappa shape index (κ2) is 6.26. The molecule has 5 heteroatoms. The highest BCUT2D eigenvalue weighted by molar-refractivity contribution is 7.80. The Hall–Kier alpha value is -2.37. The van der Waals surface area contributed by atoms with E-state index in [0.717, 1.165) is 6.42 Å². The number of hydrogen-bond acceptors (Lipinski definition) is 3. The summed E-state index contributed by atoms with van der Waals surface area (Å²) in [6.45, 7) is 2.16. The van der Waals surface area contributed by atoms with Crippen LogP contribution in [0.4, 0.5) is 3.89 Å². The largest absolute Gasteiger partial charge is 0.722 e. The Kier molecular flexibility index (Phi) is 4.30. The molecule has 0 N–H and O–H groups in total. The maximum Gasteiger partial charge on any atom is 0.255 e. The summed E-state index contributed by atoms with van der Waals surface area (Å²) in [5.41, 5.74) is 7.00. The third-order valence-electron chi connectivity index (χ3n) is 4.04. The predicted octanol–water partition coefficient (Wildman–Crippen LogP) is 4.07. The van der Waals surface area contributed by atoms with Crippen molar-refractivity contribution in [3.05, 3.63) is 88.8 Å². The van der Waals surface area contributed by atoms with E-state index in [-0.39, 0.29) is 0 Å². The third-order valence-corrected chi connectivity index (χ3v) is 4.04. The van der Waals surface area contributed by atoms with Gasteiger partial charge in [0.15, 0.2) is 0 Å². The van der Waals surface area contributed by atoms with Crippen LogP contribution in [-0.2, 0) is 16.9 Å². The molecule has 0 heterocycles. The van der Waals surface area contributed by atoms with Crippen LogP contribution < -0.4 is 0 Å². The Morgan fingerprint density at radius 1 is 1.04 bits per heavy atom. The van der Waals surface area contributed by atoms with Gasteiger partial charge in [0.1, 0.15) is 0 Å². The first-order chi connectivity index (χ1) is 11.3. The summed E-state index contributed by atoms with van der Waals surface area (Å²) in [7, 11) is -5.42. The van der Waals surface area contributed by atoms with Gasteiger partial charge >= 0.3 is 0 Å². The van der Waals surface area contributed by atoms with Crippen molar-refractivity contribution >= 4 is 21.3 Å². The smallest absolute Gasteiger partial charge is 0.255 e. The fourth-order valence-corrected chi connectivity index (χ4v) is 3.05. The summed E-state index contributed by atoms with van der Waals surface area (Å²) in [5.74, 6) is 0. The van der Waals surface area contributed by atoms with Gasteiger partial charge in [-0.3, -0.25) is 0 Å². The zero-order chi connectivity index (χ0) is 17.3. The number of benzene rings is 3. The van der Waals surface area contributed by atoms with Crippen LogP contribution in [0.25, 0.3) is 10.8 Å². The number of hydrogen-bond donors (Lipinski definition) is 0. The van der Waals surface area contributed by atoms with Crippen molar-refractivity contribution in [2.75, 3.05) is 0 Å². The zero-order valence-electron chi connectivity index (χ0n) is 13.0. The summed E-state index contributed by atoms with van der Waals surface area (Å²) in [5, 5.41) is 2.69. The third kappa shape index (κ3) is 3.75. The van der Waals surface area contributed by atoms with Gasteiger partial charge in [0.2, 0.25) is 0 Å². The molecule has 0 spiro atoms. The molecule has 0 atom stereocenters. The van der Waals surface area contributed by atoms with Crippen LogP contribution in [0.2, 0.25) is 0 Å². The molecule has 122 valence electrons. The maximum absolute atomic E-state index is 10.1. The number of halogens is 1. The first-order valence-electron chi connectivity index (χ1n) is 7.41. The molecule has 0 radical (unpaired) electrons. The molecule has 24 heavy (non-hydrogen) atoms. The van der Waals surface area contributed by atoms with Gasteiger partial charge in [-0.15, -0.1) is 3.89 Å². The van der Waals surface area contributed by atoms with Crippen molar-refractivity contribution < 1.29 is 16.9 Å². The summed E-state index contributed by atoms with van der Waals surface area (Å²) in [6.07, 6.45) is 3.39. The normalized spacial score (nSPS) is 12.5. The monoisotopic (exact) mass is 342 g/mol. The van der Waals surface area contributed by atoms with Crippen molar-refractivity contribution in [1.29, 1.82) is 0 Å². The van der Waals surface area contributed by atoms with E-state index in [2.05, 4.69) is 67.9 Å². The van der Waals surface area contributed by atoms with E-state index in [9.17, 15) is 3.89 Å². The van der Waals surface area contributed by atoms with Gasteiger partial charge in [0, 0.05) is 29.0 Å². The minimum atomic E-state index is -5.42. The van der Waals surface area contributed by atoms with Gasteiger partial charge in [-0.25, -0.2) is 8.42 Å². The lowest BCUT2D eigenvalue weighted by Gasteiger charge is -2.15. The molecule has 0 aliphatic heterocycles. The molecule has 3 nitrogen and oxygen atoms in total. The fourth-order valence-electron chi connectivity index (χ4n) is 3.05. The summed E-state index contributed by atoms with van der Waals surface area (Å²) in [4.78, 5) is 0. The van der Waals surface area contributed by atoms with Gasteiger partial charge in [-0.1, -0.05) is 12.1 Å². The van der Waals surface area contributed by atoms with E-state index in [1.807, 2.05) is 0 Å². The molecule has 1 aliphatic carbocycles. The Balaban J connectivity index is 0.000000300. The highest BCUT2D eigenvalue weighted by atomic mass is 32.3. The summed E-state index contributed by atoms with van der Waals surface area (Å²) < 4.78 is 35.3. The number of fused-ring (bicyclic) bond motifs is 4. The molecule has 0 fully saturated rings. The standard InChI is InChI=1S/C19H15.FHO3S/c1-13-6-7-15-12-19-16(11-17(15)10-13)9-8-14-4-2-3-5-18(14)19;1-5(2,3)4/h2-10,12H,11H2,1H3;(H,2,3,4)/q+1;/p-1. The zero-order valence-corrected chi connectivity index (χ0v) is 13.8. The quantitative estimate of drug-likeness (QED) is 0.275. The van der Waals surface area contributed by atoms with E-state index >= 15 is 0 Å². The lowest BCUT2D eigenvalue weighted by atomic mass is 9.83. The van der Waals surface area contributed by atoms with E-state index in [4.69, 9.17) is 13.0 Å². The van der Waals surface area contributed by atoms with E-state index in [1.165, 1.54) is 38.6 Å². The average Bonchev–Trinajstić information content (AvgIpc) is 2.51. The average molecular weight is 342 g/mol. The van der Waals surface area contributed by atoms with Crippen LogP contribution >= 0.6 is 0 Å². The van der Waals surface area contributed by atoms with Crippen LogP contribution in [0, 0.1) is 13.3 Å². The highest BCUT2D eigenvalue weighted by Crippen LogP contribution is 2.33. The van der Waals surface area contributed by atoms with Crippen LogP contribution in [0.15, 0.2) is 54.6 Å². The van der Waals surface area contributed by atoms with Gasteiger partial charge in [-0.2, -0.15) is 0 Å². The topological polar surface area (TPSA) is 57.2 Å². The predicted molar refractivity (Wildman–Crippen MR) is 91.2 cm³/mol. The van der Waals surface area contributed by atoms with Crippen molar-refractivity contribution in [1.82, 2.24) is 0 Å². The van der Waals surface area contributed by atoms with Crippen molar-refractivity contribution in [2.24, 2.45) is 0 Å². The summed E-state index contributed by atoms with van der Waals surface area (Å²) >= 11 is 0. The Morgan fingerprint density at radius 2 is 1.75 bits per heavy atom. The second-order valence-corrected chi connectivity index (χ2v) is 6.56. The van der Waals surface area contributed by atoms with Crippen LogP contribution in [-0.4, -0.2) is 13.0 Å². The van der Waals surface area contributed by atoms with E-state index < -0.39 is 10.5 Å². The van der Waals surface area contributed by atoms with E-state index in [0.29, 0.717) is 0 Å². The molecule has 0 saturated heterocycles. The maximum atomic E-state index is 10.1. The van der Waals surface area contributed by atoms with Crippen LogP contribution in [0.5, 0.6) is 0 Å². The molecular formula is C19H15FO3S. The summed E-state index contributed by atoms with van der Waals surface area (Å²) in [6, 6.07) is 19.9. The fraction of sp³-hybridized carbons (Fsp3) is 0.105. The van der Waals surface area contributed by atoms with Crippen molar-refractivity contribution in [3.63, 3.8) is 0 Å². The van der Waals surface area contributed by atoms with Gasteiger partial charge < -0.3 is 4.55 Å². The van der Waals surface area contributed by atoms with Crippen LogP contribution in [0.1, 0.15) is 27.8 Å². The molecule has 0 unspecified atom stereocenters. The molecule has 0 saturated carbocycles. The highest BCUT2D eigenvalue weighted by Gasteiger charge is 2.24. The van der Waals surface area contributed by atoms with Crippen molar-refractivity contribution in [3.8, 4) is 0 Å². The van der Waals surface area contributed by atoms with Crippen molar-refractivity contribution in [2.45, 2.75) is 13.3 Å². The SMILES string of the molecule is Cc1ccc2c(c1)Cc1ccc3ccccc3c1[CH+]2.O=S(=O)([O-])F. The Labute approximate surface area is 140 Å². The number of aryl methyl sites for hydroxylation is 1.